The Bertz CT molecular complexity index is 693. The number of fused-ring (bicyclic) bond motifs is 1. The van der Waals surface area contributed by atoms with Crippen molar-refractivity contribution in [2.75, 3.05) is 20.7 Å². The highest BCUT2D eigenvalue weighted by molar-refractivity contribution is 5.82. The molecule has 0 amide bonds. The van der Waals surface area contributed by atoms with E-state index in [2.05, 4.69) is 30.2 Å². The van der Waals surface area contributed by atoms with Crippen molar-refractivity contribution < 1.29 is 9.13 Å². The van der Waals surface area contributed by atoms with Gasteiger partial charge in [-0.15, -0.1) is 0 Å². The number of nitrogens with zero attached hydrogens (tertiary/aromatic N) is 1. The van der Waals surface area contributed by atoms with Gasteiger partial charge in [0.2, 0.25) is 0 Å². The maximum absolute atomic E-state index is 13.5. The zero-order valence-electron chi connectivity index (χ0n) is 12.3. The zero-order chi connectivity index (χ0) is 14.8. The molecule has 0 aromatic heterocycles. The lowest BCUT2D eigenvalue weighted by Gasteiger charge is -2.15. The van der Waals surface area contributed by atoms with E-state index < -0.39 is 0 Å². The molecule has 108 valence electrons. The average molecular weight is 283 g/mol. The fourth-order valence-electron chi connectivity index (χ4n) is 2.73. The molecular weight excluding hydrogens is 265 g/mol. The van der Waals surface area contributed by atoms with Crippen LogP contribution in [0.5, 0.6) is 5.75 Å². The summed E-state index contributed by atoms with van der Waals surface area (Å²) in [5.41, 5.74) is 4.34. The van der Waals surface area contributed by atoms with E-state index in [0.29, 0.717) is 0 Å². The van der Waals surface area contributed by atoms with E-state index in [-0.39, 0.29) is 5.82 Å². The van der Waals surface area contributed by atoms with Crippen molar-refractivity contribution in [1.29, 1.82) is 0 Å². The number of hydrogen-bond acceptors (Lipinski definition) is 2. The molecule has 2 aromatic rings. The van der Waals surface area contributed by atoms with Gasteiger partial charge in [0.25, 0.3) is 0 Å². The Labute approximate surface area is 124 Å². The molecule has 0 unspecified atom stereocenters. The highest BCUT2D eigenvalue weighted by atomic mass is 19.1. The second-order valence-electron chi connectivity index (χ2n) is 5.35. The van der Waals surface area contributed by atoms with Crippen LogP contribution in [-0.4, -0.2) is 25.6 Å². The smallest absolute Gasteiger partial charge is 0.123 e. The molecule has 0 bridgehead atoms. The van der Waals surface area contributed by atoms with Crippen LogP contribution in [0.15, 0.2) is 48.5 Å². The fourth-order valence-corrected chi connectivity index (χ4v) is 2.73. The van der Waals surface area contributed by atoms with Gasteiger partial charge in [-0.2, -0.15) is 0 Å². The highest BCUT2D eigenvalue weighted by Crippen LogP contribution is 2.31. The van der Waals surface area contributed by atoms with Crippen LogP contribution in [0.2, 0.25) is 0 Å². The van der Waals surface area contributed by atoms with E-state index in [1.807, 2.05) is 12.1 Å². The van der Waals surface area contributed by atoms with Crippen molar-refractivity contribution >= 4 is 5.57 Å². The van der Waals surface area contributed by atoms with E-state index in [9.17, 15) is 4.39 Å². The maximum atomic E-state index is 13.5. The van der Waals surface area contributed by atoms with Crippen molar-refractivity contribution in [1.82, 2.24) is 4.90 Å². The predicted molar refractivity (Wildman–Crippen MR) is 82.8 cm³/mol. The van der Waals surface area contributed by atoms with Gasteiger partial charge in [0.1, 0.15) is 11.6 Å². The van der Waals surface area contributed by atoms with Crippen molar-refractivity contribution in [3.8, 4) is 5.75 Å². The lowest BCUT2D eigenvalue weighted by atomic mass is 9.94. The maximum Gasteiger partial charge on any atom is 0.123 e. The third-order valence-corrected chi connectivity index (χ3v) is 3.79. The van der Waals surface area contributed by atoms with Crippen LogP contribution in [0.3, 0.4) is 0 Å². The van der Waals surface area contributed by atoms with Crippen LogP contribution in [0.4, 0.5) is 4.39 Å². The van der Waals surface area contributed by atoms with E-state index in [4.69, 9.17) is 4.74 Å². The molecule has 0 spiro atoms. The summed E-state index contributed by atoms with van der Waals surface area (Å²) in [5, 5.41) is 0. The number of rotatable bonds is 2. The average Bonchev–Trinajstić information content (AvgIpc) is 2.64. The number of methoxy groups -OCH3 is 1. The molecule has 1 heterocycles. The van der Waals surface area contributed by atoms with Gasteiger partial charge >= 0.3 is 0 Å². The van der Waals surface area contributed by atoms with Crippen LogP contribution < -0.4 is 4.74 Å². The molecule has 0 saturated heterocycles. The molecule has 0 radical (unpaired) electrons. The summed E-state index contributed by atoms with van der Waals surface area (Å²) in [6.45, 7) is 1.69. The third kappa shape index (κ3) is 2.83. The molecule has 1 aliphatic rings. The highest BCUT2D eigenvalue weighted by Gasteiger charge is 2.16. The molecule has 3 heteroatoms. The number of hydrogen-bond donors (Lipinski definition) is 0. The molecule has 3 rings (SSSR count). The molecule has 0 atom stereocenters. The monoisotopic (exact) mass is 283 g/mol. The fraction of sp³-hybridized carbons (Fsp3) is 0.222. The first-order valence-corrected chi connectivity index (χ1v) is 6.99. The van der Waals surface area contributed by atoms with Crippen LogP contribution >= 0.6 is 0 Å². The van der Waals surface area contributed by atoms with Gasteiger partial charge in [0, 0.05) is 13.1 Å². The summed E-state index contributed by atoms with van der Waals surface area (Å²) < 4.78 is 18.9. The molecule has 1 aliphatic heterocycles. The summed E-state index contributed by atoms with van der Waals surface area (Å²) in [6.07, 6.45) is 2.16. The summed E-state index contributed by atoms with van der Waals surface area (Å²) in [4.78, 5) is 2.23. The van der Waals surface area contributed by atoms with Gasteiger partial charge in [-0.05, 0) is 53.6 Å². The Morgan fingerprint density at radius 1 is 1.14 bits per heavy atom. The lowest BCUT2D eigenvalue weighted by Crippen LogP contribution is -2.16. The first kappa shape index (κ1) is 13.8. The van der Waals surface area contributed by atoms with E-state index in [0.717, 1.165) is 35.5 Å². The Balaban J connectivity index is 2.13. The standard InChI is InChI=1S/C18H18FNO/c1-20-9-8-18(13-4-3-5-15(19)10-13)17-7-6-16(21-2)11-14(17)12-20/h3-8,10-11H,9,12H2,1-2H3. The molecule has 0 aliphatic carbocycles. The topological polar surface area (TPSA) is 12.5 Å². The van der Waals surface area contributed by atoms with Gasteiger partial charge in [-0.1, -0.05) is 24.3 Å². The molecule has 0 fully saturated rings. The largest absolute Gasteiger partial charge is 0.497 e. The summed E-state index contributed by atoms with van der Waals surface area (Å²) in [7, 11) is 3.75. The molecule has 0 saturated carbocycles. The van der Waals surface area contributed by atoms with Crippen molar-refractivity contribution in [3.05, 3.63) is 71.0 Å². The van der Waals surface area contributed by atoms with Gasteiger partial charge in [-0.3, -0.25) is 4.90 Å². The van der Waals surface area contributed by atoms with Crippen molar-refractivity contribution in [2.24, 2.45) is 0 Å². The zero-order valence-corrected chi connectivity index (χ0v) is 12.3. The number of likely N-dealkylation sites (N-methyl/N-ethyl adjacent to an activating group) is 1. The lowest BCUT2D eigenvalue weighted by molar-refractivity contribution is 0.363. The van der Waals surface area contributed by atoms with Gasteiger partial charge in [0.15, 0.2) is 0 Å². The Morgan fingerprint density at radius 3 is 2.76 bits per heavy atom. The minimum atomic E-state index is -0.207. The van der Waals surface area contributed by atoms with Gasteiger partial charge in [0.05, 0.1) is 7.11 Å². The number of halogens is 1. The van der Waals surface area contributed by atoms with Crippen LogP contribution in [0.25, 0.3) is 5.57 Å². The minimum absolute atomic E-state index is 0.207. The predicted octanol–water partition coefficient (Wildman–Crippen LogP) is 3.71. The van der Waals surface area contributed by atoms with E-state index >= 15 is 0 Å². The summed E-state index contributed by atoms with van der Waals surface area (Å²) >= 11 is 0. The van der Waals surface area contributed by atoms with Crippen molar-refractivity contribution in [2.45, 2.75) is 6.54 Å². The summed E-state index contributed by atoms with van der Waals surface area (Å²) in [5.74, 6) is 0.642. The van der Waals surface area contributed by atoms with Gasteiger partial charge in [-0.25, -0.2) is 4.39 Å². The quantitative estimate of drug-likeness (QED) is 0.833. The first-order chi connectivity index (χ1) is 10.2. The second kappa shape index (κ2) is 5.70. The molecule has 0 N–H and O–H groups in total. The Kier molecular flexibility index (Phi) is 3.76. The Hall–Kier alpha value is -2.13. The molecule has 2 nitrogen and oxygen atoms in total. The third-order valence-electron chi connectivity index (χ3n) is 3.79. The van der Waals surface area contributed by atoms with E-state index in [1.54, 1.807) is 19.2 Å². The van der Waals surface area contributed by atoms with Crippen LogP contribution in [0, 0.1) is 5.82 Å². The first-order valence-electron chi connectivity index (χ1n) is 6.99. The normalized spacial score (nSPS) is 15.1. The van der Waals surface area contributed by atoms with Crippen LogP contribution in [0.1, 0.15) is 16.7 Å². The number of benzene rings is 2. The molecule has 2 aromatic carbocycles. The molecule has 21 heavy (non-hydrogen) atoms. The second-order valence-corrected chi connectivity index (χ2v) is 5.35. The Morgan fingerprint density at radius 2 is 2.00 bits per heavy atom. The number of ether oxygens (including phenoxy) is 1. The van der Waals surface area contributed by atoms with Gasteiger partial charge < -0.3 is 4.74 Å². The van der Waals surface area contributed by atoms with E-state index in [1.165, 1.54) is 11.6 Å². The minimum Gasteiger partial charge on any atom is -0.497 e. The van der Waals surface area contributed by atoms with Crippen molar-refractivity contribution in [3.63, 3.8) is 0 Å². The summed E-state index contributed by atoms with van der Waals surface area (Å²) in [6, 6.07) is 12.8. The SMILES string of the molecule is COc1ccc2c(c1)CN(C)CC=C2c1cccc(F)c1. The molecular formula is C18H18FNO. The van der Waals surface area contributed by atoms with Crippen LogP contribution in [-0.2, 0) is 6.54 Å².